The highest BCUT2D eigenvalue weighted by Crippen LogP contribution is 2.23. The van der Waals surface area contributed by atoms with Gasteiger partial charge in [0.05, 0.1) is 17.5 Å². The molecule has 27 heavy (non-hydrogen) atoms. The predicted octanol–water partition coefficient (Wildman–Crippen LogP) is 2.42. The maximum absolute atomic E-state index is 12.4. The Kier molecular flexibility index (Phi) is 4.04. The molecule has 1 aliphatic heterocycles. The van der Waals surface area contributed by atoms with Gasteiger partial charge in [-0.1, -0.05) is 11.6 Å². The van der Waals surface area contributed by atoms with E-state index < -0.39 is 17.7 Å². The van der Waals surface area contributed by atoms with Gasteiger partial charge in [-0.05, 0) is 43.3 Å². The minimum atomic E-state index is -0.444. The van der Waals surface area contributed by atoms with E-state index in [0.717, 1.165) is 16.2 Å². The molecule has 4 rings (SSSR count). The van der Waals surface area contributed by atoms with Crippen molar-refractivity contribution in [3.63, 3.8) is 0 Å². The Morgan fingerprint density at radius 2 is 1.78 bits per heavy atom. The van der Waals surface area contributed by atoms with Crippen molar-refractivity contribution in [2.75, 3.05) is 11.9 Å². The number of aromatic nitrogens is 2. The van der Waals surface area contributed by atoms with Crippen molar-refractivity contribution in [1.82, 2.24) is 14.5 Å². The van der Waals surface area contributed by atoms with Crippen LogP contribution in [-0.4, -0.2) is 38.7 Å². The quantitative estimate of drug-likeness (QED) is 0.724. The van der Waals surface area contributed by atoms with Crippen LogP contribution in [0.15, 0.2) is 61.2 Å². The van der Waals surface area contributed by atoms with E-state index in [2.05, 4.69) is 10.3 Å². The summed E-state index contributed by atoms with van der Waals surface area (Å²) in [4.78, 5) is 42.1. The summed E-state index contributed by atoms with van der Waals surface area (Å²) in [5.74, 6) is -1.32. The molecule has 0 saturated carbocycles. The third-order valence-corrected chi connectivity index (χ3v) is 4.38. The summed E-state index contributed by atoms with van der Waals surface area (Å²) in [6, 6.07) is 12.2. The van der Waals surface area contributed by atoms with Crippen LogP contribution in [-0.2, 0) is 4.79 Å². The van der Waals surface area contributed by atoms with E-state index in [1.54, 1.807) is 42.9 Å². The minimum Gasteiger partial charge on any atom is -0.325 e. The molecular formula is C20H16N4O3. The van der Waals surface area contributed by atoms with E-state index in [1.807, 2.05) is 29.8 Å². The van der Waals surface area contributed by atoms with Crippen LogP contribution in [0.4, 0.5) is 5.69 Å². The fraction of sp³-hybridized carbons (Fsp3) is 0.100. The number of rotatable bonds is 4. The summed E-state index contributed by atoms with van der Waals surface area (Å²) in [6.45, 7) is 1.52. The molecule has 0 bridgehead atoms. The zero-order valence-electron chi connectivity index (χ0n) is 14.5. The molecule has 1 N–H and O–H groups in total. The van der Waals surface area contributed by atoms with Gasteiger partial charge in [-0.3, -0.25) is 19.3 Å². The van der Waals surface area contributed by atoms with Crippen LogP contribution in [0.5, 0.6) is 0 Å². The summed E-state index contributed by atoms with van der Waals surface area (Å²) in [6.07, 6.45) is 5.17. The number of nitrogens with zero attached hydrogens (tertiary/aromatic N) is 3. The van der Waals surface area contributed by atoms with E-state index in [0.29, 0.717) is 16.8 Å². The first-order valence-corrected chi connectivity index (χ1v) is 8.38. The molecule has 7 heteroatoms. The number of anilines is 1. The second-order valence-corrected chi connectivity index (χ2v) is 6.31. The molecule has 0 unspecified atom stereocenters. The number of carbonyl (C=O) groups is 3. The van der Waals surface area contributed by atoms with Crippen LogP contribution in [0, 0.1) is 6.92 Å². The maximum atomic E-state index is 12.4. The number of imide groups is 1. The first-order chi connectivity index (χ1) is 13.0. The Hall–Kier alpha value is -3.74. The largest absolute Gasteiger partial charge is 0.325 e. The predicted molar refractivity (Wildman–Crippen MR) is 98.7 cm³/mol. The van der Waals surface area contributed by atoms with Crippen LogP contribution in [0.25, 0.3) is 5.69 Å². The van der Waals surface area contributed by atoms with Gasteiger partial charge in [-0.25, -0.2) is 4.98 Å². The average Bonchev–Trinajstić information content (AvgIpc) is 3.26. The van der Waals surface area contributed by atoms with Gasteiger partial charge in [0.2, 0.25) is 5.91 Å². The van der Waals surface area contributed by atoms with Gasteiger partial charge >= 0.3 is 0 Å². The highest BCUT2D eigenvalue weighted by atomic mass is 16.2. The summed E-state index contributed by atoms with van der Waals surface area (Å²) >= 11 is 0. The van der Waals surface area contributed by atoms with E-state index in [-0.39, 0.29) is 6.54 Å². The molecule has 0 fully saturated rings. The standard InChI is InChI=1S/C20H16N4O3/c1-13-2-7-16-17(10-13)20(27)24(19(16)26)11-18(25)22-14-3-5-15(6-4-14)23-9-8-21-12-23/h2-10,12H,11H2,1H3,(H,22,25). The third kappa shape index (κ3) is 3.10. The van der Waals surface area contributed by atoms with E-state index in [4.69, 9.17) is 0 Å². The Balaban J connectivity index is 1.44. The van der Waals surface area contributed by atoms with Gasteiger partial charge in [0, 0.05) is 23.8 Å². The second kappa shape index (κ2) is 6.53. The summed E-state index contributed by atoms with van der Waals surface area (Å²) in [5.41, 5.74) is 3.05. The van der Waals surface area contributed by atoms with Gasteiger partial charge in [-0.2, -0.15) is 0 Å². The van der Waals surface area contributed by atoms with Crippen molar-refractivity contribution < 1.29 is 14.4 Å². The van der Waals surface area contributed by atoms with Crippen molar-refractivity contribution >= 4 is 23.4 Å². The van der Waals surface area contributed by atoms with Crippen molar-refractivity contribution in [2.45, 2.75) is 6.92 Å². The van der Waals surface area contributed by atoms with Crippen molar-refractivity contribution in [2.24, 2.45) is 0 Å². The molecule has 0 radical (unpaired) electrons. The van der Waals surface area contributed by atoms with E-state index >= 15 is 0 Å². The third-order valence-electron chi connectivity index (χ3n) is 4.38. The van der Waals surface area contributed by atoms with Crippen LogP contribution < -0.4 is 5.32 Å². The normalized spacial score (nSPS) is 13.0. The van der Waals surface area contributed by atoms with Gasteiger partial charge in [-0.15, -0.1) is 0 Å². The van der Waals surface area contributed by atoms with Crippen molar-refractivity contribution in [1.29, 1.82) is 0 Å². The number of carbonyl (C=O) groups excluding carboxylic acids is 3. The number of hydrogen-bond acceptors (Lipinski definition) is 4. The molecule has 0 aliphatic carbocycles. The SMILES string of the molecule is Cc1ccc2c(c1)C(=O)N(CC(=O)Nc1ccc(-n3ccnc3)cc1)C2=O. The fourth-order valence-corrected chi connectivity index (χ4v) is 3.02. The minimum absolute atomic E-state index is 0.325. The monoisotopic (exact) mass is 360 g/mol. The maximum Gasteiger partial charge on any atom is 0.262 e. The molecule has 1 aromatic heterocycles. The summed E-state index contributed by atoms with van der Waals surface area (Å²) in [7, 11) is 0. The number of nitrogens with one attached hydrogen (secondary N) is 1. The molecule has 3 amide bonds. The molecule has 0 saturated heterocycles. The Bertz CT molecular complexity index is 1040. The van der Waals surface area contributed by atoms with Crippen LogP contribution in [0.2, 0.25) is 0 Å². The zero-order chi connectivity index (χ0) is 19.0. The van der Waals surface area contributed by atoms with Crippen LogP contribution in [0.1, 0.15) is 26.3 Å². The molecule has 134 valence electrons. The Morgan fingerprint density at radius 1 is 1.04 bits per heavy atom. The molecule has 2 aromatic carbocycles. The lowest BCUT2D eigenvalue weighted by molar-refractivity contribution is -0.116. The fourth-order valence-electron chi connectivity index (χ4n) is 3.02. The number of amides is 3. The summed E-state index contributed by atoms with van der Waals surface area (Å²) in [5, 5.41) is 2.71. The number of fused-ring (bicyclic) bond motifs is 1. The van der Waals surface area contributed by atoms with Crippen LogP contribution in [0.3, 0.4) is 0 Å². The highest BCUT2D eigenvalue weighted by Gasteiger charge is 2.36. The zero-order valence-corrected chi connectivity index (χ0v) is 14.5. The first-order valence-electron chi connectivity index (χ1n) is 8.38. The number of aryl methyl sites for hydroxylation is 1. The molecule has 1 aliphatic rings. The lowest BCUT2D eigenvalue weighted by Crippen LogP contribution is -2.37. The Morgan fingerprint density at radius 3 is 2.48 bits per heavy atom. The van der Waals surface area contributed by atoms with E-state index in [1.165, 1.54) is 0 Å². The topological polar surface area (TPSA) is 84.3 Å². The highest BCUT2D eigenvalue weighted by molar-refractivity contribution is 6.22. The van der Waals surface area contributed by atoms with Gasteiger partial charge in [0.1, 0.15) is 6.54 Å². The van der Waals surface area contributed by atoms with Gasteiger partial charge < -0.3 is 9.88 Å². The molecule has 2 heterocycles. The van der Waals surface area contributed by atoms with Gasteiger partial charge in [0.15, 0.2) is 0 Å². The van der Waals surface area contributed by atoms with Crippen molar-refractivity contribution in [3.05, 3.63) is 77.9 Å². The Labute approximate surface area is 155 Å². The summed E-state index contributed by atoms with van der Waals surface area (Å²) < 4.78 is 1.84. The molecule has 3 aromatic rings. The van der Waals surface area contributed by atoms with Crippen LogP contribution >= 0.6 is 0 Å². The van der Waals surface area contributed by atoms with Gasteiger partial charge in [0.25, 0.3) is 11.8 Å². The lowest BCUT2D eigenvalue weighted by atomic mass is 10.1. The number of hydrogen-bond donors (Lipinski definition) is 1. The number of imidazole rings is 1. The smallest absolute Gasteiger partial charge is 0.262 e. The van der Waals surface area contributed by atoms with E-state index in [9.17, 15) is 14.4 Å². The average molecular weight is 360 g/mol. The number of benzene rings is 2. The first kappa shape index (κ1) is 16.7. The molecular weight excluding hydrogens is 344 g/mol. The molecule has 0 spiro atoms. The lowest BCUT2D eigenvalue weighted by Gasteiger charge is -2.14. The van der Waals surface area contributed by atoms with Crippen molar-refractivity contribution in [3.8, 4) is 5.69 Å². The molecule has 7 nitrogen and oxygen atoms in total. The molecule has 0 atom stereocenters. The second-order valence-electron chi connectivity index (χ2n) is 6.31.